The van der Waals surface area contributed by atoms with Crippen LogP contribution in [0.2, 0.25) is 0 Å². The molecule has 140 valence electrons. The van der Waals surface area contributed by atoms with Crippen molar-refractivity contribution in [2.45, 2.75) is 19.4 Å². The number of carbonyl (C=O) groups excluding carboxylic acids is 1. The number of anilines is 2. The molecule has 3 aromatic rings. The molecule has 1 aromatic carbocycles. The second-order valence-electron chi connectivity index (χ2n) is 6.74. The van der Waals surface area contributed by atoms with Crippen LogP contribution in [0.3, 0.4) is 0 Å². The highest BCUT2D eigenvalue weighted by atomic mass is 16.2. The zero-order valence-electron chi connectivity index (χ0n) is 15.2. The van der Waals surface area contributed by atoms with E-state index in [0.29, 0.717) is 12.2 Å². The van der Waals surface area contributed by atoms with Crippen LogP contribution in [0.4, 0.5) is 11.4 Å². The van der Waals surface area contributed by atoms with Gasteiger partial charge in [0, 0.05) is 32.0 Å². The first-order chi connectivity index (χ1) is 12.9. The van der Waals surface area contributed by atoms with E-state index in [-0.39, 0.29) is 23.6 Å². The van der Waals surface area contributed by atoms with Crippen molar-refractivity contribution in [1.82, 2.24) is 18.7 Å². The Hall–Kier alpha value is -3.36. The fourth-order valence-electron chi connectivity index (χ4n) is 3.66. The monoisotopic (exact) mass is 368 g/mol. The van der Waals surface area contributed by atoms with Gasteiger partial charge in [0.2, 0.25) is 5.91 Å². The fourth-order valence-corrected chi connectivity index (χ4v) is 3.66. The van der Waals surface area contributed by atoms with E-state index in [1.807, 2.05) is 18.2 Å². The van der Waals surface area contributed by atoms with Gasteiger partial charge in [-0.15, -0.1) is 0 Å². The molecule has 1 aliphatic rings. The standard InChI is InChI=1S/C18H20N6O3/c1-21-16-15(17(26)22(2)18(21)27)23(10-20-16)9-14(25)24-8-4-5-11-12(19)6-3-7-13(11)24/h3,6-7,10H,4-5,8-9,19H2,1-2H3. The minimum atomic E-state index is -0.471. The van der Waals surface area contributed by atoms with E-state index < -0.39 is 11.2 Å². The third kappa shape index (κ3) is 2.54. The largest absolute Gasteiger partial charge is 0.398 e. The lowest BCUT2D eigenvalue weighted by molar-refractivity contribution is -0.119. The summed E-state index contributed by atoms with van der Waals surface area (Å²) in [4.78, 5) is 43.4. The number of nitrogen functional groups attached to an aromatic ring is 1. The maximum Gasteiger partial charge on any atom is 0.332 e. The molecule has 1 amide bonds. The summed E-state index contributed by atoms with van der Waals surface area (Å²) in [5, 5.41) is 0. The molecule has 0 radical (unpaired) electrons. The summed E-state index contributed by atoms with van der Waals surface area (Å²) in [7, 11) is 2.96. The number of carbonyl (C=O) groups is 1. The Bertz CT molecular complexity index is 1190. The zero-order chi connectivity index (χ0) is 19.3. The van der Waals surface area contributed by atoms with E-state index in [0.717, 1.165) is 28.7 Å². The van der Waals surface area contributed by atoms with Crippen LogP contribution in [0.5, 0.6) is 0 Å². The molecule has 4 rings (SSSR count). The highest BCUT2D eigenvalue weighted by Gasteiger charge is 2.25. The molecule has 9 heteroatoms. The predicted octanol–water partition coefficient (Wildman–Crippen LogP) is -0.00470. The molecule has 0 bridgehead atoms. The Kier molecular flexibility index (Phi) is 3.87. The Morgan fingerprint density at radius 3 is 2.78 bits per heavy atom. The van der Waals surface area contributed by atoms with E-state index in [4.69, 9.17) is 5.73 Å². The second-order valence-corrected chi connectivity index (χ2v) is 6.74. The van der Waals surface area contributed by atoms with E-state index in [1.54, 1.807) is 11.9 Å². The summed E-state index contributed by atoms with van der Waals surface area (Å²) < 4.78 is 3.82. The zero-order valence-corrected chi connectivity index (χ0v) is 15.2. The molecular formula is C18H20N6O3. The van der Waals surface area contributed by atoms with Crippen LogP contribution in [-0.4, -0.2) is 31.1 Å². The van der Waals surface area contributed by atoms with Crippen LogP contribution in [-0.2, 0) is 31.9 Å². The summed E-state index contributed by atoms with van der Waals surface area (Å²) in [6.07, 6.45) is 3.09. The summed E-state index contributed by atoms with van der Waals surface area (Å²) in [6.45, 7) is 0.552. The predicted molar refractivity (Wildman–Crippen MR) is 102 cm³/mol. The van der Waals surface area contributed by atoms with Gasteiger partial charge in [-0.1, -0.05) is 6.07 Å². The first kappa shape index (κ1) is 17.1. The number of nitrogens with two attached hydrogens (primary N) is 1. The molecule has 27 heavy (non-hydrogen) atoms. The van der Waals surface area contributed by atoms with Crippen molar-refractivity contribution in [2.24, 2.45) is 14.1 Å². The van der Waals surface area contributed by atoms with Gasteiger partial charge < -0.3 is 15.2 Å². The number of aryl methyl sites for hydroxylation is 1. The van der Waals surface area contributed by atoms with Crippen LogP contribution < -0.4 is 21.9 Å². The molecule has 2 aromatic heterocycles. The average Bonchev–Trinajstić information content (AvgIpc) is 3.08. The molecule has 0 fully saturated rings. The van der Waals surface area contributed by atoms with Crippen molar-refractivity contribution < 1.29 is 4.79 Å². The molecule has 3 heterocycles. The van der Waals surface area contributed by atoms with Crippen molar-refractivity contribution in [3.05, 3.63) is 50.9 Å². The van der Waals surface area contributed by atoms with Gasteiger partial charge in [-0.05, 0) is 30.5 Å². The van der Waals surface area contributed by atoms with E-state index in [2.05, 4.69) is 4.98 Å². The van der Waals surface area contributed by atoms with Gasteiger partial charge in [-0.2, -0.15) is 0 Å². The third-order valence-electron chi connectivity index (χ3n) is 5.11. The number of rotatable bonds is 2. The Balaban J connectivity index is 1.75. The van der Waals surface area contributed by atoms with Crippen molar-refractivity contribution in [3.8, 4) is 0 Å². The van der Waals surface area contributed by atoms with Crippen molar-refractivity contribution in [2.75, 3.05) is 17.2 Å². The number of benzene rings is 1. The van der Waals surface area contributed by atoms with Crippen LogP contribution in [0.15, 0.2) is 34.1 Å². The van der Waals surface area contributed by atoms with E-state index in [1.165, 1.54) is 22.5 Å². The van der Waals surface area contributed by atoms with Crippen molar-refractivity contribution in [3.63, 3.8) is 0 Å². The first-order valence-corrected chi connectivity index (χ1v) is 8.68. The third-order valence-corrected chi connectivity index (χ3v) is 5.11. The normalized spacial score (nSPS) is 13.8. The van der Waals surface area contributed by atoms with Crippen molar-refractivity contribution >= 4 is 28.4 Å². The van der Waals surface area contributed by atoms with Gasteiger partial charge >= 0.3 is 5.69 Å². The molecule has 1 aliphatic heterocycles. The maximum absolute atomic E-state index is 13.0. The quantitative estimate of drug-likeness (QED) is 0.641. The molecule has 0 atom stereocenters. The van der Waals surface area contributed by atoms with Gasteiger partial charge in [0.05, 0.1) is 6.33 Å². The van der Waals surface area contributed by atoms with Crippen LogP contribution in [0.1, 0.15) is 12.0 Å². The molecule has 9 nitrogen and oxygen atoms in total. The fraction of sp³-hybridized carbons (Fsp3) is 0.333. The second kappa shape index (κ2) is 6.11. The Labute approximate surface area is 154 Å². The first-order valence-electron chi connectivity index (χ1n) is 8.68. The van der Waals surface area contributed by atoms with E-state index >= 15 is 0 Å². The number of hydrogen-bond donors (Lipinski definition) is 1. The minimum Gasteiger partial charge on any atom is -0.398 e. The molecule has 0 aliphatic carbocycles. The summed E-state index contributed by atoms with van der Waals surface area (Å²) in [6, 6.07) is 5.55. The SMILES string of the molecule is Cn1c(=O)c2c(ncn2CC(=O)N2CCCc3c(N)cccc32)n(C)c1=O. The van der Waals surface area contributed by atoms with Gasteiger partial charge in [-0.3, -0.25) is 18.7 Å². The topological polar surface area (TPSA) is 108 Å². The minimum absolute atomic E-state index is 0.0435. The van der Waals surface area contributed by atoms with Gasteiger partial charge in [0.1, 0.15) is 6.54 Å². The van der Waals surface area contributed by atoms with Crippen LogP contribution in [0.25, 0.3) is 11.2 Å². The van der Waals surface area contributed by atoms with Crippen LogP contribution in [0, 0.1) is 0 Å². The number of hydrogen-bond acceptors (Lipinski definition) is 5. The Morgan fingerprint density at radius 1 is 1.22 bits per heavy atom. The lowest BCUT2D eigenvalue weighted by Gasteiger charge is -2.30. The summed E-state index contributed by atoms with van der Waals surface area (Å²) >= 11 is 0. The number of amides is 1. The summed E-state index contributed by atoms with van der Waals surface area (Å²) in [5.74, 6) is -0.156. The molecule has 0 unspecified atom stereocenters. The van der Waals surface area contributed by atoms with Crippen LogP contribution >= 0.6 is 0 Å². The molecule has 0 saturated heterocycles. The van der Waals surface area contributed by atoms with Gasteiger partial charge in [0.25, 0.3) is 5.56 Å². The van der Waals surface area contributed by atoms with E-state index in [9.17, 15) is 14.4 Å². The molecule has 0 saturated carbocycles. The molecule has 2 N–H and O–H groups in total. The molecular weight excluding hydrogens is 348 g/mol. The highest BCUT2D eigenvalue weighted by Crippen LogP contribution is 2.31. The lowest BCUT2D eigenvalue weighted by atomic mass is 10.00. The molecule has 0 spiro atoms. The lowest BCUT2D eigenvalue weighted by Crippen LogP contribution is -2.40. The van der Waals surface area contributed by atoms with Gasteiger partial charge in [-0.25, -0.2) is 9.78 Å². The average molecular weight is 368 g/mol. The number of fused-ring (bicyclic) bond motifs is 2. The highest BCUT2D eigenvalue weighted by molar-refractivity contribution is 5.96. The smallest absolute Gasteiger partial charge is 0.332 e. The number of imidazole rings is 1. The number of nitrogens with zero attached hydrogens (tertiary/aromatic N) is 5. The van der Waals surface area contributed by atoms with Crippen molar-refractivity contribution in [1.29, 1.82) is 0 Å². The Morgan fingerprint density at radius 2 is 2.00 bits per heavy atom. The summed E-state index contributed by atoms with van der Waals surface area (Å²) in [5.41, 5.74) is 8.10. The van der Waals surface area contributed by atoms with Gasteiger partial charge in [0.15, 0.2) is 11.2 Å². The number of aromatic nitrogens is 4. The maximum atomic E-state index is 13.0.